The van der Waals surface area contributed by atoms with Gasteiger partial charge in [0.1, 0.15) is 0 Å². The summed E-state index contributed by atoms with van der Waals surface area (Å²) in [7, 11) is -1.39. The van der Waals surface area contributed by atoms with Crippen LogP contribution in [0.4, 0.5) is 0 Å². The highest BCUT2D eigenvalue weighted by Gasteiger charge is 2.31. The van der Waals surface area contributed by atoms with Crippen molar-refractivity contribution in [3.05, 3.63) is 30.3 Å². The van der Waals surface area contributed by atoms with Crippen LogP contribution in [0.2, 0.25) is 13.1 Å². The van der Waals surface area contributed by atoms with E-state index < -0.39 is 8.24 Å². The van der Waals surface area contributed by atoms with E-state index in [0.717, 1.165) is 13.1 Å². The van der Waals surface area contributed by atoms with Gasteiger partial charge in [0.15, 0.2) is 8.24 Å². The van der Waals surface area contributed by atoms with Crippen molar-refractivity contribution in [2.75, 3.05) is 26.2 Å². The molecule has 82 valence electrons. The average molecular weight is 220 g/mol. The highest BCUT2D eigenvalue weighted by Crippen LogP contribution is 2.10. The Labute approximate surface area is 93.4 Å². The first-order valence-corrected chi connectivity index (χ1v) is 8.67. The van der Waals surface area contributed by atoms with Gasteiger partial charge in [0, 0.05) is 26.2 Å². The predicted molar refractivity (Wildman–Crippen MR) is 68.0 cm³/mol. The number of nitrogens with zero attached hydrogens (tertiary/aromatic N) is 1. The zero-order valence-corrected chi connectivity index (χ0v) is 10.7. The Kier molecular flexibility index (Phi) is 3.24. The number of nitrogens with one attached hydrogen (secondary N) is 1. The first-order chi connectivity index (χ1) is 7.21. The highest BCUT2D eigenvalue weighted by molar-refractivity contribution is 6.87. The average Bonchev–Trinajstić information content (AvgIpc) is 2.31. The molecule has 1 saturated heterocycles. The van der Waals surface area contributed by atoms with Crippen LogP contribution >= 0.6 is 0 Å². The summed E-state index contributed by atoms with van der Waals surface area (Å²) >= 11 is 0. The second kappa shape index (κ2) is 4.47. The minimum Gasteiger partial charge on any atom is -0.318 e. The van der Waals surface area contributed by atoms with Gasteiger partial charge in [-0.2, -0.15) is 0 Å². The lowest BCUT2D eigenvalue weighted by molar-refractivity contribution is 0.363. The molecule has 1 aromatic carbocycles. The van der Waals surface area contributed by atoms with E-state index in [4.69, 9.17) is 0 Å². The molecule has 1 heterocycles. The summed E-state index contributed by atoms with van der Waals surface area (Å²) in [5.74, 6) is 0. The van der Waals surface area contributed by atoms with Crippen molar-refractivity contribution in [2.45, 2.75) is 13.1 Å². The number of hydrogen-bond acceptors (Lipinski definition) is 2. The lowest BCUT2D eigenvalue weighted by atomic mass is 10.4. The summed E-state index contributed by atoms with van der Waals surface area (Å²) < 4.78 is 2.69. The Hall–Kier alpha value is -0.643. The van der Waals surface area contributed by atoms with E-state index >= 15 is 0 Å². The van der Waals surface area contributed by atoms with Crippen LogP contribution in [-0.2, 0) is 0 Å². The topological polar surface area (TPSA) is 15.3 Å². The van der Waals surface area contributed by atoms with Gasteiger partial charge >= 0.3 is 0 Å². The molecule has 0 unspecified atom stereocenters. The van der Waals surface area contributed by atoms with E-state index in [1.54, 1.807) is 5.19 Å². The molecule has 0 saturated carbocycles. The Morgan fingerprint density at radius 3 is 2.27 bits per heavy atom. The van der Waals surface area contributed by atoms with Gasteiger partial charge in [-0.1, -0.05) is 43.4 Å². The lowest BCUT2D eigenvalue weighted by Gasteiger charge is -2.40. The molecule has 0 aliphatic carbocycles. The fraction of sp³-hybridized carbons (Fsp3) is 0.500. The predicted octanol–water partition coefficient (Wildman–Crippen LogP) is 1.00. The van der Waals surface area contributed by atoms with Crippen molar-refractivity contribution in [3.63, 3.8) is 0 Å². The van der Waals surface area contributed by atoms with Crippen molar-refractivity contribution in [1.29, 1.82) is 0 Å². The normalized spacial score (nSPS) is 19.1. The maximum Gasteiger partial charge on any atom is 0.154 e. The SMILES string of the molecule is C[Si](C)(c1ccccc1)N1CCNCC1. The van der Waals surface area contributed by atoms with Gasteiger partial charge in [0.2, 0.25) is 0 Å². The molecule has 0 amide bonds. The van der Waals surface area contributed by atoms with Gasteiger partial charge in [0.25, 0.3) is 0 Å². The molecule has 0 spiro atoms. The lowest BCUT2D eigenvalue weighted by Crippen LogP contribution is -2.62. The van der Waals surface area contributed by atoms with E-state index in [2.05, 4.69) is 53.3 Å². The summed E-state index contributed by atoms with van der Waals surface area (Å²) in [6.07, 6.45) is 0. The Balaban J connectivity index is 2.18. The van der Waals surface area contributed by atoms with E-state index in [0.29, 0.717) is 0 Å². The molecule has 0 aromatic heterocycles. The fourth-order valence-electron chi connectivity index (χ4n) is 2.25. The number of rotatable bonds is 2. The smallest absolute Gasteiger partial charge is 0.154 e. The Morgan fingerprint density at radius 2 is 1.67 bits per heavy atom. The first-order valence-electron chi connectivity index (χ1n) is 5.72. The minimum atomic E-state index is -1.39. The van der Waals surface area contributed by atoms with E-state index in [9.17, 15) is 0 Å². The minimum absolute atomic E-state index is 1.14. The molecule has 15 heavy (non-hydrogen) atoms. The third-order valence-electron chi connectivity index (χ3n) is 3.39. The van der Waals surface area contributed by atoms with E-state index in [1.165, 1.54) is 13.1 Å². The number of benzene rings is 1. The Bertz CT molecular complexity index is 305. The largest absolute Gasteiger partial charge is 0.318 e. The second-order valence-electron chi connectivity index (χ2n) is 4.66. The van der Waals surface area contributed by atoms with Crippen molar-refractivity contribution in [1.82, 2.24) is 9.88 Å². The molecule has 1 aromatic rings. The maximum absolute atomic E-state index is 3.42. The highest BCUT2D eigenvalue weighted by atomic mass is 28.3. The van der Waals surface area contributed by atoms with Crippen LogP contribution in [0.3, 0.4) is 0 Å². The summed E-state index contributed by atoms with van der Waals surface area (Å²) in [6, 6.07) is 11.0. The monoisotopic (exact) mass is 220 g/mol. The van der Waals surface area contributed by atoms with Crippen LogP contribution in [0, 0.1) is 0 Å². The molecule has 0 atom stereocenters. The van der Waals surface area contributed by atoms with Crippen LogP contribution < -0.4 is 10.5 Å². The number of hydrogen-bond donors (Lipinski definition) is 1. The first kappa shape index (κ1) is 10.9. The van der Waals surface area contributed by atoms with Crippen molar-refractivity contribution >= 4 is 13.4 Å². The summed E-state index contributed by atoms with van der Waals surface area (Å²) in [4.78, 5) is 0. The molecule has 1 fully saturated rings. The van der Waals surface area contributed by atoms with Gasteiger partial charge in [-0.05, 0) is 5.19 Å². The van der Waals surface area contributed by atoms with Crippen molar-refractivity contribution in [3.8, 4) is 0 Å². The second-order valence-corrected chi connectivity index (χ2v) is 8.99. The number of piperazine rings is 1. The van der Waals surface area contributed by atoms with Crippen LogP contribution in [0.25, 0.3) is 0 Å². The Morgan fingerprint density at radius 1 is 1.07 bits per heavy atom. The van der Waals surface area contributed by atoms with E-state index in [-0.39, 0.29) is 0 Å². The molecule has 1 N–H and O–H groups in total. The van der Waals surface area contributed by atoms with Gasteiger partial charge in [-0.15, -0.1) is 0 Å². The molecular formula is C12H20N2Si. The molecule has 2 rings (SSSR count). The van der Waals surface area contributed by atoms with Crippen LogP contribution in [-0.4, -0.2) is 39.0 Å². The summed E-state index contributed by atoms with van der Waals surface area (Å²) in [5, 5.41) is 4.97. The standard InChI is InChI=1S/C12H20N2Si/c1-15(2,12-6-4-3-5-7-12)14-10-8-13-9-11-14/h3-7,13H,8-11H2,1-2H3. The molecule has 1 aliphatic heterocycles. The van der Waals surface area contributed by atoms with Gasteiger partial charge in [0.05, 0.1) is 0 Å². The van der Waals surface area contributed by atoms with Crippen molar-refractivity contribution in [2.24, 2.45) is 0 Å². The summed E-state index contributed by atoms with van der Waals surface area (Å²) in [6.45, 7) is 9.59. The quantitative estimate of drug-likeness (QED) is 0.748. The van der Waals surface area contributed by atoms with Crippen LogP contribution in [0.5, 0.6) is 0 Å². The van der Waals surface area contributed by atoms with Crippen molar-refractivity contribution < 1.29 is 0 Å². The van der Waals surface area contributed by atoms with Gasteiger partial charge in [-0.3, -0.25) is 0 Å². The third kappa shape index (κ3) is 2.30. The maximum atomic E-state index is 3.42. The zero-order chi connectivity index (χ0) is 10.7. The molecule has 2 nitrogen and oxygen atoms in total. The molecular weight excluding hydrogens is 200 g/mol. The van der Waals surface area contributed by atoms with Crippen LogP contribution in [0.1, 0.15) is 0 Å². The van der Waals surface area contributed by atoms with Crippen LogP contribution in [0.15, 0.2) is 30.3 Å². The third-order valence-corrected chi connectivity index (χ3v) is 7.16. The molecule has 1 aliphatic rings. The van der Waals surface area contributed by atoms with Gasteiger partial charge in [-0.25, -0.2) is 0 Å². The zero-order valence-electron chi connectivity index (χ0n) is 9.66. The molecule has 0 bridgehead atoms. The van der Waals surface area contributed by atoms with E-state index in [1.807, 2.05) is 0 Å². The fourth-order valence-corrected chi connectivity index (χ4v) is 4.97. The van der Waals surface area contributed by atoms with Gasteiger partial charge < -0.3 is 9.88 Å². The molecule has 0 radical (unpaired) electrons. The molecule has 3 heteroatoms. The summed E-state index contributed by atoms with van der Waals surface area (Å²) in [5.41, 5.74) is 0.